The van der Waals surface area contributed by atoms with Crippen LogP contribution in [0.15, 0.2) is 54.6 Å². The fourth-order valence-corrected chi connectivity index (χ4v) is 2.72. The summed E-state index contributed by atoms with van der Waals surface area (Å²) in [6.07, 6.45) is -1.18. The summed E-state index contributed by atoms with van der Waals surface area (Å²) in [6, 6.07) is 14.1. The Kier molecular flexibility index (Phi) is 6.82. The lowest BCUT2D eigenvalue weighted by Gasteiger charge is -2.30. The normalized spacial score (nSPS) is 13.2. The summed E-state index contributed by atoms with van der Waals surface area (Å²) in [7, 11) is 1.73. The number of aliphatic hydroxyl groups excluding tert-OH is 1. The number of non-ortho nitro benzene ring substituents is 1. The number of esters is 1. The van der Waals surface area contributed by atoms with E-state index in [-0.39, 0.29) is 12.3 Å². The van der Waals surface area contributed by atoms with Gasteiger partial charge in [-0.3, -0.25) is 19.8 Å². The van der Waals surface area contributed by atoms with Crippen LogP contribution in [0.1, 0.15) is 24.2 Å². The molecule has 0 bridgehead atoms. The number of benzene rings is 2. The van der Waals surface area contributed by atoms with Crippen molar-refractivity contribution in [2.24, 2.45) is 0 Å². The molecule has 26 heavy (non-hydrogen) atoms. The summed E-state index contributed by atoms with van der Waals surface area (Å²) < 4.78 is 5.12. The standard InChI is InChI=1S/C19H22N2O5/c1-3-26-19(23)17(20(2)13-14-7-5-4-6-8-14)18(22)15-9-11-16(12-10-15)21(24)25/h4-12,17-18,22H,3,13H2,1-2H3/t17-,18+/m0/s1. The highest BCUT2D eigenvalue weighted by atomic mass is 16.6. The molecule has 138 valence electrons. The minimum atomic E-state index is -1.18. The smallest absolute Gasteiger partial charge is 0.326 e. The van der Waals surface area contributed by atoms with Crippen LogP contribution in [0.3, 0.4) is 0 Å². The van der Waals surface area contributed by atoms with Gasteiger partial charge in [0.05, 0.1) is 11.5 Å². The molecule has 0 fully saturated rings. The molecule has 1 N–H and O–H groups in total. The first-order chi connectivity index (χ1) is 12.4. The Hall–Kier alpha value is -2.77. The molecule has 0 saturated heterocycles. The minimum Gasteiger partial charge on any atom is -0.465 e. The third-order valence-electron chi connectivity index (χ3n) is 4.02. The molecule has 2 atom stereocenters. The van der Waals surface area contributed by atoms with Gasteiger partial charge in [0.15, 0.2) is 0 Å². The number of hydrogen-bond donors (Lipinski definition) is 1. The second kappa shape index (κ2) is 9.07. The van der Waals surface area contributed by atoms with E-state index in [9.17, 15) is 20.0 Å². The molecule has 2 rings (SSSR count). The Bertz CT molecular complexity index is 733. The Balaban J connectivity index is 2.24. The number of likely N-dealkylation sites (N-methyl/N-ethyl adjacent to an activating group) is 1. The van der Waals surface area contributed by atoms with Gasteiger partial charge in [0.2, 0.25) is 0 Å². The van der Waals surface area contributed by atoms with E-state index in [1.165, 1.54) is 24.3 Å². The van der Waals surface area contributed by atoms with Crippen molar-refractivity contribution in [3.63, 3.8) is 0 Å². The Morgan fingerprint density at radius 3 is 2.35 bits per heavy atom. The highest BCUT2D eigenvalue weighted by Gasteiger charge is 2.33. The van der Waals surface area contributed by atoms with Crippen molar-refractivity contribution in [3.05, 3.63) is 75.8 Å². The van der Waals surface area contributed by atoms with Crippen LogP contribution in [0, 0.1) is 10.1 Å². The zero-order valence-corrected chi connectivity index (χ0v) is 14.7. The van der Waals surface area contributed by atoms with E-state index in [1.807, 2.05) is 30.3 Å². The second-order valence-electron chi connectivity index (χ2n) is 5.89. The molecule has 0 unspecified atom stereocenters. The van der Waals surface area contributed by atoms with Crippen LogP contribution in [-0.2, 0) is 16.1 Å². The summed E-state index contributed by atoms with van der Waals surface area (Å²) in [4.78, 5) is 24.4. The molecular weight excluding hydrogens is 336 g/mol. The van der Waals surface area contributed by atoms with Crippen molar-refractivity contribution in [3.8, 4) is 0 Å². The molecule has 0 amide bonds. The van der Waals surface area contributed by atoms with Crippen LogP contribution in [0.2, 0.25) is 0 Å². The first-order valence-corrected chi connectivity index (χ1v) is 8.27. The van der Waals surface area contributed by atoms with Gasteiger partial charge in [-0.15, -0.1) is 0 Å². The minimum absolute atomic E-state index is 0.0775. The number of aliphatic hydroxyl groups is 1. The van der Waals surface area contributed by atoms with Crippen LogP contribution in [0.4, 0.5) is 5.69 Å². The molecule has 0 radical (unpaired) electrons. The summed E-state index contributed by atoms with van der Waals surface area (Å²) >= 11 is 0. The van der Waals surface area contributed by atoms with Crippen molar-refractivity contribution in [2.75, 3.05) is 13.7 Å². The lowest BCUT2D eigenvalue weighted by molar-refractivity contribution is -0.384. The summed E-state index contributed by atoms with van der Waals surface area (Å²) in [5, 5.41) is 21.5. The lowest BCUT2D eigenvalue weighted by atomic mass is 10.00. The molecule has 2 aromatic rings. The van der Waals surface area contributed by atoms with E-state index in [4.69, 9.17) is 4.74 Å². The number of nitro benzene ring substituents is 1. The maximum atomic E-state index is 12.4. The van der Waals surface area contributed by atoms with Gasteiger partial charge < -0.3 is 9.84 Å². The Morgan fingerprint density at radius 2 is 1.81 bits per heavy atom. The van der Waals surface area contributed by atoms with E-state index < -0.39 is 23.0 Å². The van der Waals surface area contributed by atoms with Crippen LogP contribution >= 0.6 is 0 Å². The zero-order valence-electron chi connectivity index (χ0n) is 14.7. The topological polar surface area (TPSA) is 92.9 Å². The molecule has 0 spiro atoms. The van der Waals surface area contributed by atoms with Crippen LogP contribution < -0.4 is 0 Å². The fourth-order valence-electron chi connectivity index (χ4n) is 2.72. The molecule has 0 saturated carbocycles. The quantitative estimate of drug-likeness (QED) is 0.443. The number of ether oxygens (including phenoxy) is 1. The van der Waals surface area contributed by atoms with Crippen molar-refractivity contribution in [1.29, 1.82) is 0 Å². The molecule has 7 heteroatoms. The van der Waals surface area contributed by atoms with Crippen LogP contribution in [-0.4, -0.2) is 40.6 Å². The molecule has 0 aliphatic heterocycles. The average molecular weight is 358 g/mol. The average Bonchev–Trinajstić information content (AvgIpc) is 2.63. The first-order valence-electron chi connectivity index (χ1n) is 8.27. The highest BCUT2D eigenvalue weighted by Crippen LogP contribution is 2.25. The van der Waals surface area contributed by atoms with Crippen molar-refractivity contribution < 1.29 is 19.6 Å². The van der Waals surface area contributed by atoms with Crippen molar-refractivity contribution in [1.82, 2.24) is 4.90 Å². The van der Waals surface area contributed by atoms with Gasteiger partial charge in [-0.2, -0.15) is 0 Å². The van der Waals surface area contributed by atoms with Crippen LogP contribution in [0.5, 0.6) is 0 Å². The van der Waals surface area contributed by atoms with Gasteiger partial charge in [-0.05, 0) is 37.2 Å². The third-order valence-corrected chi connectivity index (χ3v) is 4.02. The Morgan fingerprint density at radius 1 is 1.19 bits per heavy atom. The zero-order chi connectivity index (χ0) is 19.1. The van der Waals surface area contributed by atoms with Gasteiger partial charge >= 0.3 is 5.97 Å². The summed E-state index contributed by atoms with van der Waals surface area (Å²) in [5.74, 6) is -0.545. The van der Waals surface area contributed by atoms with E-state index in [0.29, 0.717) is 12.1 Å². The summed E-state index contributed by atoms with van der Waals surface area (Å²) in [5.41, 5.74) is 1.32. The van der Waals surface area contributed by atoms with Gasteiger partial charge in [-0.1, -0.05) is 30.3 Å². The number of nitro groups is 1. The third kappa shape index (κ3) is 4.87. The SMILES string of the molecule is CCOC(=O)[C@H]([C@H](O)c1ccc([N+](=O)[O-])cc1)N(C)Cc1ccccc1. The number of carbonyl (C=O) groups is 1. The number of rotatable bonds is 8. The van der Waals surface area contributed by atoms with E-state index >= 15 is 0 Å². The molecule has 2 aromatic carbocycles. The van der Waals surface area contributed by atoms with E-state index in [2.05, 4.69) is 0 Å². The second-order valence-corrected chi connectivity index (χ2v) is 5.89. The first kappa shape index (κ1) is 19.6. The van der Waals surface area contributed by atoms with Crippen molar-refractivity contribution in [2.45, 2.75) is 25.6 Å². The molecular formula is C19H22N2O5. The highest BCUT2D eigenvalue weighted by molar-refractivity contribution is 5.77. The monoisotopic (exact) mass is 358 g/mol. The summed E-state index contributed by atoms with van der Waals surface area (Å²) in [6.45, 7) is 2.33. The largest absolute Gasteiger partial charge is 0.465 e. The van der Waals surface area contributed by atoms with Gasteiger partial charge in [0.25, 0.3) is 5.69 Å². The maximum Gasteiger partial charge on any atom is 0.326 e. The predicted molar refractivity (Wildman–Crippen MR) is 96.4 cm³/mol. The van der Waals surface area contributed by atoms with E-state index in [1.54, 1.807) is 18.9 Å². The predicted octanol–water partition coefficient (Wildman–Crippen LogP) is 2.69. The Labute approximate surface area is 152 Å². The van der Waals surface area contributed by atoms with Crippen molar-refractivity contribution >= 4 is 11.7 Å². The van der Waals surface area contributed by atoms with Gasteiger partial charge in [0.1, 0.15) is 12.1 Å². The molecule has 7 nitrogen and oxygen atoms in total. The maximum absolute atomic E-state index is 12.4. The number of hydrogen-bond acceptors (Lipinski definition) is 6. The molecule has 0 heterocycles. The fraction of sp³-hybridized carbons (Fsp3) is 0.316. The van der Waals surface area contributed by atoms with E-state index in [0.717, 1.165) is 5.56 Å². The van der Waals surface area contributed by atoms with Crippen LogP contribution in [0.25, 0.3) is 0 Å². The molecule has 0 aromatic heterocycles. The molecule has 0 aliphatic rings. The molecule has 0 aliphatic carbocycles. The lowest BCUT2D eigenvalue weighted by Crippen LogP contribution is -2.43. The van der Waals surface area contributed by atoms with Gasteiger partial charge in [-0.25, -0.2) is 0 Å². The number of nitrogens with zero attached hydrogens (tertiary/aromatic N) is 2. The van der Waals surface area contributed by atoms with Gasteiger partial charge in [0, 0.05) is 18.7 Å². The number of carbonyl (C=O) groups excluding carboxylic acids is 1.